The molecule has 0 radical (unpaired) electrons. The Morgan fingerprint density at radius 2 is 1.93 bits per heavy atom. The number of hydrogen-bond acceptors (Lipinski definition) is 5. The number of ether oxygens (including phenoxy) is 1. The van der Waals surface area contributed by atoms with E-state index in [9.17, 15) is 9.59 Å². The number of nitrogens with zero attached hydrogens (tertiary/aromatic N) is 2. The molecular weight excluding hydrogens is 400 g/mol. The summed E-state index contributed by atoms with van der Waals surface area (Å²) in [6.07, 6.45) is 0.893. The maximum atomic E-state index is 12.8. The number of carbonyl (C=O) groups is 2. The minimum absolute atomic E-state index is 0.0541. The van der Waals surface area contributed by atoms with Crippen LogP contribution in [0.15, 0.2) is 52.3 Å². The van der Waals surface area contributed by atoms with E-state index in [1.807, 2.05) is 42.5 Å². The van der Waals surface area contributed by atoms with E-state index in [1.165, 1.54) is 0 Å². The Labute approximate surface area is 180 Å². The molecule has 0 atom stereocenters. The van der Waals surface area contributed by atoms with Crippen LogP contribution in [0.5, 0.6) is 0 Å². The summed E-state index contributed by atoms with van der Waals surface area (Å²) >= 11 is 1.56. The molecule has 2 aliphatic rings. The molecule has 0 aliphatic carbocycles. The molecule has 2 heterocycles. The first kappa shape index (κ1) is 20.7. The van der Waals surface area contributed by atoms with E-state index in [0.29, 0.717) is 17.8 Å². The molecular formula is C22H26N4O3S. The van der Waals surface area contributed by atoms with Crippen molar-refractivity contribution in [3.63, 3.8) is 0 Å². The SMILES string of the molecule is CN1C(=O)c2ccccc2Sc2ccc(NC(=O)NCCCN3CCOCC3)cc21. The van der Waals surface area contributed by atoms with Crippen molar-refractivity contribution in [3.05, 3.63) is 48.0 Å². The Kier molecular flexibility index (Phi) is 6.56. The maximum Gasteiger partial charge on any atom is 0.319 e. The summed E-state index contributed by atoms with van der Waals surface area (Å²) in [6.45, 7) is 5.04. The van der Waals surface area contributed by atoms with Gasteiger partial charge in [0.1, 0.15) is 0 Å². The van der Waals surface area contributed by atoms with Crippen molar-refractivity contribution in [1.82, 2.24) is 10.2 Å². The number of urea groups is 1. The van der Waals surface area contributed by atoms with Crippen LogP contribution in [0.3, 0.4) is 0 Å². The minimum Gasteiger partial charge on any atom is -0.379 e. The lowest BCUT2D eigenvalue weighted by molar-refractivity contribution is 0.0375. The zero-order valence-electron chi connectivity index (χ0n) is 17.0. The monoisotopic (exact) mass is 426 g/mol. The van der Waals surface area contributed by atoms with Crippen molar-refractivity contribution >= 4 is 35.1 Å². The first-order valence-corrected chi connectivity index (χ1v) is 11.0. The van der Waals surface area contributed by atoms with Gasteiger partial charge in [-0.2, -0.15) is 0 Å². The van der Waals surface area contributed by atoms with Crippen LogP contribution >= 0.6 is 11.8 Å². The zero-order chi connectivity index (χ0) is 20.9. The van der Waals surface area contributed by atoms with Crippen LogP contribution in [0.25, 0.3) is 0 Å². The predicted octanol–water partition coefficient (Wildman–Crippen LogP) is 3.27. The molecule has 8 heteroatoms. The van der Waals surface area contributed by atoms with E-state index < -0.39 is 0 Å². The lowest BCUT2D eigenvalue weighted by Crippen LogP contribution is -2.38. The van der Waals surface area contributed by atoms with Gasteiger partial charge in [-0.15, -0.1) is 0 Å². The van der Waals surface area contributed by atoms with E-state index in [-0.39, 0.29) is 11.9 Å². The van der Waals surface area contributed by atoms with Crippen molar-refractivity contribution in [2.45, 2.75) is 16.2 Å². The highest BCUT2D eigenvalue weighted by Gasteiger charge is 2.24. The predicted molar refractivity (Wildman–Crippen MR) is 119 cm³/mol. The molecule has 0 aromatic heterocycles. The zero-order valence-corrected chi connectivity index (χ0v) is 17.8. The van der Waals surface area contributed by atoms with Crippen LogP contribution < -0.4 is 15.5 Å². The first-order chi connectivity index (χ1) is 14.6. The molecule has 0 spiro atoms. The highest BCUT2D eigenvalue weighted by atomic mass is 32.2. The Morgan fingerprint density at radius 1 is 1.13 bits per heavy atom. The number of anilines is 2. The van der Waals surface area contributed by atoms with Crippen LogP contribution in [0, 0.1) is 0 Å². The van der Waals surface area contributed by atoms with Crippen LogP contribution in [0.2, 0.25) is 0 Å². The van der Waals surface area contributed by atoms with Gasteiger partial charge in [0.2, 0.25) is 0 Å². The number of hydrogen-bond donors (Lipinski definition) is 2. The summed E-state index contributed by atoms with van der Waals surface area (Å²) in [4.78, 5) is 31.0. The number of carbonyl (C=O) groups excluding carboxylic acids is 2. The largest absolute Gasteiger partial charge is 0.379 e. The van der Waals surface area contributed by atoms with E-state index in [2.05, 4.69) is 15.5 Å². The summed E-state index contributed by atoms with van der Waals surface area (Å²) in [5, 5.41) is 5.78. The fraction of sp³-hybridized carbons (Fsp3) is 0.364. The van der Waals surface area contributed by atoms with Gasteiger partial charge in [0.25, 0.3) is 5.91 Å². The van der Waals surface area contributed by atoms with Crippen LogP contribution in [0.1, 0.15) is 16.8 Å². The fourth-order valence-corrected chi connectivity index (χ4v) is 4.67. The average molecular weight is 427 g/mol. The molecule has 158 valence electrons. The summed E-state index contributed by atoms with van der Waals surface area (Å²) < 4.78 is 5.34. The molecule has 0 bridgehead atoms. The summed E-state index contributed by atoms with van der Waals surface area (Å²) in [5.74, 6) is -0.0541. The average Bonchev–Trinajstić information content (AvgIpc) is 2.87. The third kappa shape index (κ3) is 4.77. The summed E-state index contributed by atoms with van der Waals surface area (Å²) in [6, 6.07) is 13.0. The van der Waals surface area contributed by atoms with Gasteiger partial charge >= 0.3 is 6.03 Å². The molecule has 1 fully saturated rings. The molecule has 30 heavy (non-hydrogen) atoms. The van der Waals surface area contributed by atoms with Gasteiger partial charge in [-0.3, -0.25) is 9.69 Å². The Hall–Kier alpha value is -2.55. The third-order valence-corrected chi connectivity index (χ3v) is 6.40. The smallest absolute Gasteiger partial charge is 0.319 e. The van der Waals surface area contributed by atoms with E-state index in [4.69, 9.17) is 4.74 Å². The van der Waals surface area contributed by atoms with Crippen molar-refractivity contribution < 1.29 is 14.3 Å². The second-order valence-electron chi connectivity index (χ2n) is 7.33. The van der Waals surface area contributed by atoms with Crippen molar-refractivity contribution in [2.24, 2.45) is 0 Å². The minimum atomic E-state index is -0.240. The van der Waals surface area contributed by atoms with Crippen LogP contribution in [-0.4, -0.2) is 63.3 Å². The van der Waals surface area contributed by atoms with Gasteiger partial charge in [-0.05, 0) is 43.3 Å². The quantitative estimate of drug-likeness (QED) is 0.718. The lowest BCUT2D eigenvalue weighted by Gasteiger charge is -2.26. The van der Waals surface area contributed by atoms with Gasteiger partial charge < -0.3 is 20.3 Å². The van der Waals surface area contributed by atoms with Gasteiger partial charge in [0.15, 0.2) is 0 Å². The topological polar surface area (TPSA) is 73.9 Å². The summed E-state index contributed by atoms with van der Waals surface area (Å²) in [5.41, 5.74) is 2.13. The molecule has 2 aromatic rings. The molecule has 2 N–H and O–H groups in total. The highest BCUT2D eigenvalue weighted by Crippen LogP contribution is 2.41. The van der Waals surface area contributed by atoms with Gasteiger partial charge in [0, 0.05) is 42.2 Å². The second kappa shape index (κ2) is 9.51. The second-order valence-corrected chi connectivity index (χ2v) is 8.42. The van der Waals surface area contributed by atoms with Crippen molar-refractivity contribution in [3.8, 4) is 0 Å². The van der Waals surface area contributed by atoms with Crippen molar-refractivity contribution in [1.29, 1.82) is 0 Å². The number of benzene rings is 2. The van der Waals surface area contributed by atoms with E-state index in [0.717, 1.165) is 54.7 Å². The molecule has 7 nitrogen and oxygen atoms in total. The number of rotatable bonds is 5. The Bertz CT molecular complexity index is 930. The number of morpholine rings is 1. The highest BCUT2D eigenvalue weighted by molar-refractivity contribution is 7.99. The maximum absolute atomic E-state index is 12.8. The summed E-state index contributed by atoms with van der Waals surface area (Å²) in [7, 11) is 1.76. The Morgan fingerprint density at radius 3 is 2.77 bits per heavy atom. The van der Waals surface area contributed by atoms with Gasteiger partial charge in [0.05, 0.1) is 24.5 Å². The third-order valence-electron chi connectivity index (χ3n) is 5.26. The lowest BCUT2D eigenvalue weighted by atomic mass is 10.2. The van der Waals surface area contributed by atoms with Crippen LogP contribution in [0.4, 0.5) is 16.2 Å². The molecule has 0 saturated carbocycles. The van der Waals surface area contributed by atoms with Crippen LogP contribution in [-0.2, 0) is 4.74 Å². The van der Waals surface area contributed by atoms with Gasteiger partial charge in [-0.1, -0.05) is 23.9 Å². The number of fused-ring (bicyclic) bond motifs is 2. The molecule has 2 aliphatic heterocycles. The van der Waals surface area contributed by atoms with Crippen molar-refractivity contribution in [2.75, 3.05) is 56.7 Å². The molecule has 1 saturated heterocycles. The van der Waals surface area contributed by atoms with E-state index >= 15 is 0 Å². The van der Waals surface area contributed by atoms with E-state index in [1.54, 1.807) is 23.7 Å². The normalized spacial score (nSPS) is 16.4. The number of amides is 3. The molecule has 2 aromatic carbocycles. The standard InChI is InChI=1S/C22H26N4O3S/c1-25-18-15-16(24-22(28)23-9-4-10-26-11-13-29-14-12-26)7-8-20(18)30-19-6-3-2-5-17(19)21(25)27/h2-3,5-8,15H,4,9-14H2,1H3,(H2,23,24,28). The molecule has 4 rings (SSSR count). The fourth-order valence-electron chi connectivity index (χ4n) is 3.59. The molecule has 3 amide bonds. The number of nitrogens with one attached hydrogen (secondary N) is 2. The van der Waals surface area contributed by atoms with Gasteiger partial charge in [-0.25, -0.2) is 4.79 Å². The molecule has 0 unspecified atom stereocenters. The first-order valence-electron chi connectivity index (χ1n) is 10.2. The Balaban J connectivity index is 1.35.